The Morgan fingerprint density at radius 2 is 2.04 bits per heavy atom. The SMILES string of the molecule is Cc1nn(CC(=O)c2cc(C)n(Cc3ccco3)c2C)c(=O)c(C#N)c1C. The fourth-order valence-electron chi connectivity index (χ4n) is 3.12. The number of ketones is 1. The predicted octanol–water partition coefficient (Wildman–Crippen LogP) is 2.67. The van der Waals surface area contributed by atoms with E-state index in [0.29, 0.717) is 23.4 Å². The van der Waals surface area contributed by atoms with E-state index >= 15 is 0 Å². The lowest BCUT2D eigenvalue weighted by Gasteiger charge is -2.09. The number of aromatic nitrogens is 3. The topological polar surface area (TPSA) is 93.8 Å². The molecule has 0 N–H and O–H groups in total. The first-order chi connectivity index (χ1) is 12.8. The third-order valence-electron chi connectivity index (χ3n) is 4.81. The number of nitriles is 1. The molecule has 0 saturated heterocycles. The van der Waals surface area contributed by atoms with Gasteiger partial charge < -0.3 is 8.98 Å². The number of Topliss-reactive ketones (excluding diaryl/α,β-unsaturated/α-hetero) is 1. The summed E-state index contributed by atoms with van der Waals surface area (Å²) in [5.74, 6) is 0.567. The number of nitrogens with zero attached hydrogens (tertiary/aromatic N) is 4. The van der Waals surface area contributed by atoms with Crippen molar-refractivity contribution in [3.05, 3.63) is 74.3 Å². The van der Waals surface area contributed by atoms with Gasteiger partial charge in [-0.1, -0.05) is 0 Å². The molecule has 0 bridgehead atoms. The zero-order chi connectivity index (χ0) is 19.7. The lowest BCUT2D eigenvalue weighted by atomic mass is 10.1. The Morgan fingerprint density at radius 3 is 2.67 bits per heavy atom. The van der Waals surface area contributed by atoms with Crippen LogP contribution in [0, 0.1) is 39.0 Å². The molecule has 7 heteroatoms. The van der Waals surface area contributed by atoms with Gasteiger partial charge in [0.05, 0.1) is 18.5 Å². The Kier molecular flexibility index (Phi) is 4.82. The van der Waals surface area contributed by atoms with Gasteiger partial charge in [0.25, 0.3) is 5.56 Å². The highest BCUT2D eigenvalue weighted by Gasteiger charge is 2.19. The largest absolute Gasteiger partial charge is 0.467 e. The van der Waals surface area contributed by atoms with Crippen molar-refractivity contribution in [3.8, 4) is 6.07 Å². The molecule has 7 nitrogen and oxygen atoms in total. The van der Waals surface area contributed by atoms with Gasteiger partial charge in [0.2, 0.25) is 0 Å². The maximum atomic E-state index is 12.8. The van der Waals surface area contributed by atoms with Gasteiger partial charge in [-0.15, -0.1) is 0 Å². The highest BCUT2D eigenvalue weighted by molar-refractivity contribution is 5.97. The fourth-order valence-corrected chi connectivity index (χ4v) is 3.12. The van der Waals surface area contributed by atoms with Gasteiger partial charge in [-0.3, -0.25) is 9.59 Å². The van der Waals surface area contributed by atoms with Gasteiger partial charge >= 0.3 is 0 Å². The van der Waals surface area contributed by atoms with Gasteiger partial charge in [-0.05, 0) is 51.5 Å². The maximum absolute atomic E-state index is 12.8. The molecule has 0 unspecified atom stereocenters. The van der Waals surface area contributed by atoms with Crippen LogP contribution in [0.5, 0.6) is 0 Å². The van der Waals surface area contributed by atoms with Crippen molar-refractivity contribution in [1.82, 2.24) is 14.3 Å². The first-order valence-corrected chi connectivity index (χ1v) is 8.54. The van der Waals surface area contributed by atoms with Crippen molar-refractivity contribution >= 4 is 5.78 Å². The first kappa shape index (κ1) is 18.4. The molecule has 0 aliphatic heterocycles. The van der Waals surface area contributed by atoms with E-state index in [1.54, 1.807) is 26.2 Å². The van der Waals surface area contributed by atoms with E-state index in [1.165, 1.54) is 0 Å². The summed E-state index contributed by atoms with van der Waals surface area (Å²) in [6.45, 7) is 7.49. The van der Waals surface area contributed by atoms with E-state index in [1.807, 2.05) is 36.6 Å². The van der Waals surface area contributed by atoms with Crippen LogP contribution >= 0.6 is 0 Å². The molecule has 0 aliphatic rings. The molecule has 138 valence electrons. The van der Waals surface area contributed by atoms with Crippen LogP contribution < -0.4 is 5.56 Å². The van der Waals surface area contributed by atoms with Gasteiger partial charge in [0.15, 0.2) is 5.78 Å². The normalized spacial score (nSPS) is 10.8. The highest BCUT2D eigenvalue weighted by Crippen LogP contribution is 2.18. The van der Waals surface area contributed by atoms with Crippen LogP contribution in [0.2, 0.25) is 0 Å². The van der Waals surface area contributed by atoms with E-state index in [0.717, 1.165) is 21.8 Å². The summed E-state index contributed by atoms with van der Waals surface area (Å²) < 4.78 is 8.45. The number of rotatable bonds is 5. The second-order valence-corrected chi connectivity index (χ2v) is 6.53. The van der Waals surface area contributed by atoms with Crippen molar-refractivity contribution in [3.63, 3.8) is 0 Å². The van der Waals surface area contributed by atoms with E-state index in [-0.39, 0.29) is 17.9 Å². The summed E-state index contributed by atoms with van der Waals surface area (Å²) in [6.07, 6.45) is 1.61. The van der Waals surface area contributed by atoms with E-state index in [4.69, 9.17) is 4.42 Å². The van der Waals surface area contributed by atoms with E-state index in [9.17, 15) is 14.9 Å². The zero-order valence-electron chi connectivity index (χ0n) is 15.7. The highest BCUT2D eigenvalue weighted by atomic mass is 16.3. The Hall–Kier alpha value is -3.40. The smallest absolute Gasteiger partial charge is 0.285 e. The molecule has 3 aromatic heterocycles. The third-order valence-corrected chi connectivity index (χ3v) is 4.81. The summed E-state index contributed by atoms with van der Waals surface area (Å²) in [6, 6.07) is 7.41. The first-order valence-electron chi connectivity index (χ1n) is 8.54. The maximum Gasteiger partial charge on any atom is 0.285 e. The fraction of sp³-hybridized carbons (Fsp3) is 0.300. The van der Waals surface area contributed by atoms with Crippen LogP contribution in [0.1, 0.15) is 44.3 Å². The molecular weight excluding hydrogens is 344 g/mol. The summed E-state index contributed by atoms with van der Waals surface area (Å²) in [7, 11) is 0. The third kappa shape index (κ3) is 3.34. The quantitative estimate of drug-likeness (QED) is 0.649. The molecule has 27 heavy (non-hydrogen) atoms. The Labute approximate surface area is 156 Å². The van der Waals surface area contributed by atoms with Crippen molar-refractivity contribution in [2.75, 3.05) is 0 Å². The monoisotopic (exact) mass is 364 g/mol. The molecule has 0 amide bonds. The number of furan rings is 1. The molecule has 0 aliphatic carbocycles. The Bertz CT molecular complexity index is 1110. The molecule has 3 aromatic rings. The number of hydrogen-bond donors (Lipinski definition) is 0. The average molecular weight is 364 g/mol. The Balaban J connectivity index is 1.93. The lowest BCUT2D eigenvalue weighted by molar-refractivity contribution is 0.0964. The summed E-state index contributed by atoms with van der Waals surface area (Å²) in [5, 5.41) is 13.4. The van der Waals surface area contributed by atoms with E-state index in [2.05, 4.69) is 5.10 Å². The molecule has 0 aromatic carbocycles. The minimum absolute atomic E-state index is 0.0265. The molecule has 3 heterocycles. The number of carbonyl (C=O) groups is 1. The van der Waals surface area contributed by atoms with Crippen LogP contribution in [-0.2, 0) is 13.1 Å². The average Bonchev–Trinajstić information content (AvgIpc) is 3.24. The molecule has 0 fully saturated rings. The van der Waals surface area contributed by atoms with Crippen LogP contribution in [0.25, 0.3) is 0 Å². The molecular formula is C20H20N4O3. The van der Waals surface area contributed by atoms with E-state index < -0.39 is 5.56 Å². The second-order valence-electron chi connectivity index (χ2n) is 6.53. The summed E-state index contributed by atoms with van der Waals surface area (Å²) in [4.78, 5) is 25.2. The zero-order valence-corrected chi connectivity index (χ0v) is 15.7. The van der Waals surface area contributed by atoms with Crippen LogP contribution in [-0.4, -0.2) is 20.1 Å². The lowest BCUT2D eigenvalue weighted by Crippen LogP contribution is -2.30. The minimum Gasteiger partial charge on any atom is -0.467 e. The summed E-state index contributed by atoms with van der Waals surface area (Å²) in [5.41, 5.74) is 2.84. The molecule has 0 radical (unpaired) electrons. The van der Waals surface area contributed by atoms with Gasteiger partial charge in [-0.2, -0.15) is 10.4 Å². The van der Waals surface area contributed by atoms with Crippen LogP contribution in [0.4, 0.5) is 0 Å². The van der Waals surface area contributed by atoms with Crippen molar-refractivity contribution in [1.29, 1.82) is 5.26 Å². The number of aryl methyl sites for hydroxylation is 2. The number of carbonyl (C=O) groups excluding carboxylic acids is 1. The van der Waals surface area contributed by atoms with Crippen molar-refractivity contribution < 1.29 is 9.21 Å². The van der Waals surface area contributed by atoms with Crippen LogP contribution in [0.3, 0.4) is 0 Å². The van der Waals surface area contributed by atoms with Crippen molar-refractivity contribution in [2.24, 2.45) is 0 Å². The Morgan fingerprint density at radius 1 is 1.30 bits per heavy atom. The van der Waals surface area contributed by atoms with Crippen LogP contribution in [0.15, 0.2) is 33.7 Å². The summed E-state index contributed by atoms with van der Waals surface area (Å²) >= 11 is 0. The standard InChI is InChI=1S/C20H20N4O3/c1-12-8-17(15(4)23(12)10-16-6-5-7-27-16)19(25)11-24-20(26)18(9-21)13(2)14(3)22-24/h5-8H,10-11H2,1-4H3. The second kappa shape index (κ2) is 7.08. The van der Waals surface area contributed by atoms with Gasteiger partial charge in [-0.25, -0.2) is 4.68 Å². The number of hydrogen-bond acceptors (Lipinski definition) is 5. The minimum atomic E-state index is -0.543. The van der Waals surface area contributed by atoms with Gasteiger partial charge in [0.1, 0.15) is 23.9 Å². The molecule has 0 saturated carbocycles. The van der Waals surface area contributed by atoms with Crippen molar-refractivity contribution in [2.45, 2.75) is 40.8 Å². The van der Waals surface area contributed by atoms with Gasteiger partial charge in [0, 0.05) is 17.0 Å². The molecule has 3 rings (SSSR count). The molecule has 0 spiro atoms. The predicted molar refractivity (Wildman–Crippen MR) is 98.7 cm³/mol. The molecule has 0 atom stereocenters.